The zero-order valence-electron chi connectivity index (χ0n) is 17.6. The predicted molar refractivity (Wildman–Crippen MR) is 121 cm³/mol. The molecule has 0 saturated carbocycles. The lowest BCUT2D eigenvalue weighted by Gasteiger charge is -2.12. The topological polar surface area (TPSA) is 77.8 Å². The first-order valence-corrected chi connectivity index (χ1v) is 10.3. The smallest absolute Gasteiger partial charge is 0.433 e. The van der Waals surface area contributed by atoms with Gasteiger partial charge in [-0.3, -0.25) is 4.79 Å². The van der Waals surface area contributed by atoms with Crippen molar-refractivity contribution in [2.45, 2.75) is 6.18 Å². The first kappa shape index (κ1) is 23.7. The summed E-state index contributed by atoms with van der Waals surface area (Å²) in [6, 6.07) is 11.0. The van der Waals surface area contributed by atoms with Crippen LogP contribution >= 0.6 is 23.2 Å². The highest BCUT2D eigenvalue weighted by atomic mass is 35.5. The lowest BCUT2D eigenvalue weighted by Crippen LogP contribution is -2.16. The second kappa shape index (κ2) is 9.03. The number of ether oxygens (including phenoxy) is 2. The van der Waals surface area contributed by atoms with Gasteiger partial charge >= 0.3 is 6.18 Å². The monoisotopic (exact) mass is 510 g/mol. The molecule has 0 aliphatic heterocycles. The fraction of sp³-hybridized carbons (Fsp3) is 0.136. The van der Waals surface area contributed by atoms with Crippen LogP contribution in [0.2, 0.25) is 10.0 Å². The second-order valence-corrected chi connectivity index (χ2v) is 7.82. The molecule has 0 aliphatic rings. The van der Waals surface area contributed by atoms with Crippen molar-refractivity contribution in [1.29, 1.82) is 0 Å². The molecule has 34 heavy (non-hydrogen) atoms. The summed E-state index contributed by atoms with van der Waals surface area (Å²) in [5.74, 6) is -0.0518. The van der Waals surface area contributed by atoms with Crippen molar-refractivity contribution in [3.63, 3.8) is 0 Å². The highest BCUT2D eigenvalue weighted by Gasteiger charge is 2.35. The van der Waals surface area contributed by atoms with Crippen LogP contribution in [0.5, 0.6) is 11.5 Å². The van der Waals surface area contributed by atoms with Crippen LogP contribution < -0.4 is 14.8 Å². The van der Waals surface area contributed by atoms with E-state index in [1.807, 2.05) is 0 Å². The third-order valence-corrected chi connectivity index (χ3v) is 5.37. The van der Waals surface area contributed by atoms with E-state index in [0.717, 1.165) is 12.1 Å². The molecule has 1 N–H and O–H groups in total. The fourth-order valence-electron chi connectivity index (χ4n) is 3.21. The molecule has 2 aromatic carbocycles. The highest BCUT2D eigenvalue weighted by molar-refractivity contribution is 6.35. The number of amides is 1. The number of nitrogens with zero attached hydrogens (tertiary/aromatic N) is 3. The number of hydrogen-bond donors (Lipinski definition) is 1. The van der Waals surface area contributed by atoms with Gasteiger partial charge < -0.3 is 14.8 Å². The van der Waals surface area contributed by atoms with Crippen molar-refractivity contribution in [3.05, 3.63) is 70.0 Å². The maximum Gasteiger partial charge on any atom is 0.433 e. The van der Waals surface area contributed by atoms with E-state index < -0.39 is 17.8 Å². The molecule has 0 bridgehead atoms. The zero-order chi connectivity index (χ0) is 24.6. The van der Waals surface area contributed by atoms with Crippen molar-refractivity contribution >= 4 is 40.4 Å². The summed E-state index contributed by atoms with van der Waals surface area (Å²) in [5, 5.41) is 6.83. The summed E-state index contributed by atoms with van der Waals surface area (Å²) in [5.41, 5.74) is -1.04. The van der Waals surface area contributed by atoms with Crippen LogP contribution in [0.4, 0.5) is 18.9 Å². The van der Waals surface area contributed by atoms with Crippen molar-refractivity contribution in [3.8, 4) is 22.8 Å². The maximum atomic E-state index is 13.9. The predicted octanol–water partition coefficient (Wildman–Crippen LogP) is 5.99. The van der Waals surface area contributed by atoms with E-state index in [1.165, 1.54) is 38.5 Å². The van der Waals surface area contributed by atoms with E-state index in [-0.39, 0.29) is 27.7 Å². The SMILES string of the molecule is COc1ccc(-c2cc(C(F)(F)F)n3nc(C(=O)Nc4cc(Cl)ccc4Cl)cc3n2)cc1OC. The zero-order valence-corrected chi connectivity index (χ0v) is 19.1. The number of methoxy groups -OCH3 is 2. The number of benzene rings is 2. The number of halogens is 5. The molecule has 7 nitrogen and oxygen atoms in total. The van der Waals surface area contributed by atoms with E-state index in [0.29, 0.717) is 26.6 Å². The van der Waals surface area contributed by atoms with Crippen LogP contribution in [0.1, 0.15) is 16.2 Å². The van der Waals surface area contributed by atoms with Crippen molar-refractivity contribution in [2.75, 3.05) is 19.5 Å². The summed E-state index contributed by atoms with van der Waals surface area (Å²) in [7, 11) is 2.85. The molecule has 1 amide bonds. The third kappa shape index (κ3) is 4.59. The van der Waals surface area contributed by atoms with Crippen molar-refractivity contribution < 1.29 is 27.4 Å². The Morgan fingerprint density at radius 3 is 2.41 bits per heavy atom. The van der Waals surface area contributed by atoms with Crippen LogP contribution in [0, 0.1) is 0 Å². The molecule has 2 aromatic heterocycles. The van der Waals surface area contributed by atoms with Gasteiger partial charge in [0.15, 0.2) is 28.5 Å². The van der Waals surface area contributed by atoms with Crippen LogP contribution in [-0.2, 0) is 6.18 Å². The Morgan fingerprint density at radius 1 is 1.00 bits per heavy atom. The van der Waals surface area contributed by atoms with Gasteiger partial charge in [0, 0.05) is 16.7 Å². The van der Waals surface area contributed by atoms with Gasteiger partial charge in [0.05, 0.1) is 30.6 Å². The molecule has 0 fully saturated rings. The molecule has 176 valence electrons. The average Bonchev–Trinajstić information content (AvgIpc) is 3.24. The molecular weight excluding hydrogens is 496 g/mol. The largest absolute Gasteiger partial charge is 0.493 e. The number of hydrogen-bond acceptors (Lipinski definition) is 5. The van der Waals surface area contributed by atoms with Gasteiger partial charge in [-0.15, -0.1) is 0 Å². The molecule has 0 radical (unpaired) electrons. The number of nitrogens with one attached hydrogen (secondary N) is 1. The minimum Gasteiger partial charge on any atom is -0.493 e. The Labute approximate surface area is 201 Å². The highest BCUT2D eigenvalue weighted by Crippen LogP contribution is 2.35. The average molecular weight is 511 g/mol. The number of rotatable bonds is 5. The first-order valence-electron chi connectivity index (χ1n) is 9.57. The second-order valence-electron chi connectivity index (χ2n) is 6.97. The van der Waals surface area contributed by atoms with Gasteiger partial charge in [-0.05, 0) is 42.5 Å². The third-order valence-electron chi connectivity index (χ3n) is 4.81. The minimum atomic E-state index is -4.78. The van der Waals surface area contributed by atoms with Crippen molar-refractivity contribution in [2.24, 2.45) is 0 Å². The van der Waals surface area contributed by atoms with Crippen LogP contribution in [0.3, 0.4) is 0 Å². The molecule has 0 spiro atoms. The number of carbonyl (C=O) groups is 1. The van der Waals surface area contributed by atoms with Gasteiger partial charge in [-0.25, -0.2) is 9.50 Å². The van der Waals surface area contributed by atoms with Gasteiger partial charge in [-0.2, -0.15) is 18.3 Å². The Hall–Kier alpha value is -3.50. The number of anilines is 1. The van der Waals surface area contributed by atoms with Crippen molar-refractivity contribution in [1.82, 2.24) is 14.6 Å². The van der Waals surface area contributed by atoms with Gasteiger partial charge in [0.2, 0.25) is 0 Å². The number of alkyl halides is 3. The van der Waals surface area contributed by atoms with Gasteiger partial charge in [0.1, 0.15) is 0 Å². The first-order chi connectivity index (χ1) is 16.1. The Bertz CT molecular complexity index is 1410. The number of aromatic nitrogens is 3. The molecule has 2 heterocycles. The normalized spacial score (nSPS) is 11.5. The van der Waals surface area contributed by atoms with E-state index in [4.69, 9.17) is 32.7 Å². The van der Waals surface area contributed by atoms with Crippen LogP contribution in [0.25, 0.3) is 16.9 Å². The van der Waals surface area contributed by atoms with E-state index in [2.05, 4.69) is 15.4 Å². The van der Waals surface area contributed by atoms with Crippen LogP contribution in [0.15, 0.2) is 48.5 Å². The van der Waals surface area contributed by atoms with Gasteiger partial charge in [-0.1, -0.05) is 23.2 Å². The van der Waals surface area contributed by atoms with E-state index >= 15 is 0 Å². The number of fused-ring (bicyclic) bond motifs is 1. The molecular formula is C22H15Cl2F3N4O3. The summed E-state index contributed by atoms with van der Waals surface area (Å²) >= 11 is 12.0. The fourth-order valence-corrected chi connectivity index (χ4v) is 3.55. The molecule has 0 unspecified atom stereocenters. The molecule has 4 aromatic rings. The lowest BCUT2D eigenvalue weighted by atomic mass is 10.1. The summed E-state index contributed by atoms with van der Waals surface area (Å²) in [6.07, 6.45) is -4.78. The molecule has 0 atom stereocenters. The molecule has 4 rings (SSSR count). The Balaban J connectivity index is 1.80. The maximum absolute atomic E-state index is 13.9. The molecule has 12 heteroatoms. The summed E-state index contributed by atoms with van der Waals surface area (Å²) in [4.78, 5) is 17.0. The molecule has 0 aliphatic carbocycles. The standard InChI is InChI=1S/C22H15Cl2F3N4O3/c1-33-17-6-3-11(7-18(17)34-2)14-9-19(22(25,26)27)31-20(28-14)10-16(30-31)21(32)29-15-8-12(23)4-5-13(15)24/h3-10H,1-2H3,(H,29,32). The minimum absolute atomic E-state index is 0.00511. The Kier molecular flexibility index (Phi) is 6.28. The quantitative estimate of drug-likeness (QED) is 0.356. The van der Waals surface area contributed by atoms with Crippen LogP contribution in [-0.4, -0.2) is 34.7 Å². The summed E-state index contributed by atoms with van der Waals surface area (Å²) in [6.45, 7) is 0. The lowest BCUT2D eigenvalue weighted by molar-refractivity contribution is -0.142. The molecule has 0 saturated heterocycles. The Morgan fingerprint density at radius 2 is 1.74 bits per heavy atom. The summed E-state index contributed by atoms with van der Waals surface area (Å²) < 4.78 is 52.6. The van der Waals surface area contributed by atoms with Gasteiger partial charge in [0.25, 0.3) is 5.91 Å². The van der Waals surface area contributed by atoms with E-state index in [9.17, 15) is 18.0 Å². The van der Waals surface area contributed by atoms with E-state index in [1.54, 1.807) is 12.1 Å². The number of carbonyl (C=O) groups excluding carboxylic acids is 1.